The molecule has 0 atom stereocenters. The Morgan fingerprint density at radius 2 is 2.29 bits per heavy atom. The minimum atomic E-state index is -0.620. The lowest BCUT2D eigenvalue weighted by molar-refractivity contribution is -0.124. The van der Waals surface area contributed by atoms with Crippen molar-refractivity contribution in [2.24, 2.45) is 0 Å². The van der Waals surface area contributed by atoms with Gasteiger partial charge in [-0.1, -0.05) is 0 Å². The molecule has 1 aliphatic rings. The van der Waals surface area contributed by atoms with Crippen LogP contribution in [0.15, 0.2) is 22.2 Å². The molecule has 1 aliphatic heterocycles. The minimum Gasteiger partial charge on any atom is -0.275 e. The van der Waals surface area contributed by atoms with E-state index in [-0.39, 0.29) is 18.9 Å². The van der Waals surface area contributed by atoms with Gasteiger partial charge in [0.1, 0.15) is 11.6 Å². The smallest absolute Gasteiger partial charge is 0.275 e. The van der Waals surface area contributed by atoms with Gasteiger partial charge in [-0.05, 0) is 11.4 Å². The summed E-state index contributed by atoms with van der Waals surface area (Å²) in [5, 5.41) is 9.65. The van der Waals surface area contributed by atoms with E-state index < -0.39 is 11.9 Å². The van der Waals surface area contributed by atoms with Crippen LogP contribution in [0.1, 0.15) is 5.69 Å². The van der Waals surface area contributed by atoms with Gasteiger partial charge in [0, 0.05) is 16.3 Å². The van der Waals surface area contributed by atoms with E-state index in [0.29, 0.717) is 5.69 Å². The average Bonchev–Trinajstić information content (AvgIpc) is 3.11. The third-order valence-corrected chi connectivity index (χ3v) is 4.34. The van der Waals surface area contributed by atoms with Gasteiger partial charge in [-0.2, -0.15) is 11.3 Å². The van der Waals surface area contributed by atoms with Crippen molar-refractivity contribution in [3.8, 4) is 10.6 Å². The van der Waals surface area contributed by atoms with Gasteiger partial charge in [-0.15, -0.1) is 11.3 Å². The van der Waals surface area contributed by atoms with Gasteiger partial charge in [0.15, 0.2) is 0 Å². The largest absolute Gasteiger partial charge is 0.343 e. The van der Waals surface area contributed by atoms with Crippen molar-refractivity contribution in [3.63, 3.8) is 0 Å². The molecule has 2 aromatic heterocycles. The number of hydrazine groups is 1. The normalized spacial score (nSPS) is 14.4. The van der Waals surface area contributed by atoms with E-state index >= 15 is 0 Å². The van der Waals surface area contributed by atoms with Gasteiger partial charge in [0.05, 0.1) is 12.1 Å². The number of rotatable bonds is 4. The predicted octanol–water partition coefficient (Wildman–Crippen LogP) is 0.997. The molecule has 9 heteroatoms. The number of hydrogen-bond acceptors (Lipinski definition) is 6. The summed E-state index contributed by atoms with van der Waals surface area (Å²) in [4.78, 5) is 38.5. The number of thiazole rings is 1. The Labute approximate surface area is 127 Å². The summed E-state index contributed by atoms with van der Waals surface area (Å²) < 4.78 is 0. The number of imide groups is 1. The summed E-state index contributed by atoms with van der Waals surface area (Å²) in [6.45, 7) is -0.165. The first kappa shape index (κ1) is 13.7. The van der Waals surface area contributed by atoms with Gasteiger partial charge in [-0.25, -0.2) is 14.8 Å². The molecule has 0 aromatic carbocycles. The first-order chi connectivity index (χ1) is 10.1. The number of carbonyl (C=O) groups is 3. The van der Waals surface area contributed by atoms with Gasteiger partial charge in [-0.3, -0.25) is 20.3 Å². The highest BCUT2D eigenvalue weighted by molar-refractivity contribution is 7.14. The topological polar surface area (TPSA) is 91.4 Å². The molecule has 21 heavy (non-hydrogen) atoms. The number of urea groups is 1. The van der Waals surface area contributed by atoms with Crippen LogP contribution in [0.2, 0.25) is 0 Å². The van der Waals surface area contributed by atoms with Gasteiger partial charge < -0.3 is 0 Å². The lowest BCUT2D eigenvalue weighted by Crippen LogP contribution is -2.44. The number of amides is 4. The first-order valence-electron chi connectivity index (χ1n) is 5.99. The highest BCUT2D eigenvalue weighted by atomic mass is 32.1. The summed E-state index contributed by atoms with van der Waals surface area (Å²) in [6, 6.07) is 1.35. The van der Waals surface area contributed by atoms with Crippen LogP contribution in [-0.4, -0.2) is 34.4 Å². The maximum atomic E-state index is 11.8. The summed E-state index contributed by atoms with van der Waals surface area (Å²) >= 11 is 3.05. The summed E-state index contributed by atoms with van der Waals surface area (Å²) in [5.41, 5.74) is 4.04. The second-order valence-electron chi connectivity index (χ2n) is 4.31. The SMILES string of the molecule is O=C1CN(NC(=O)Cc2csc(-c3ccsc3)n2)C(=O)N1. The standard InChI is InChI=1S/C12H10N4O3S2/c17-9(15-16-4-10(18)14-12(16)19)3-8-6-21-11(13-8)7-1-2-20-5-7/h1-2,5-6H,3-4H2,(H,15,17)(H,14,18,19). The van der Waals surface area contributed by atoms with E-state index in [4.69, 9.17) is 0 Å². The van der Waals surface area contributed by atoms with Gasteiger partial charge >= 0.3 is 6.03 Å². The van der Waals surface area contributed by atoms with Gasteiger partial charge in [0.25, 0.3) is 0 Å². The van der Waals surface area contributed by atoms with Crippen LogP contribution < -0.4 is 10.7 Å². The molecule has 1 fully saturated rings. The molecule has 1 saturated heterocycles. The molecule has 3 heterocycles. The quantitative estimate of drug-likeness (QED) is 0.822. The Balaban J connectivity index is 1.60. The number of nitrogens with one attached hydrogen (secondary N) is 2. The minimum absolute atomic E-state index is 0.0542. The summed E-state index contributed by atoms with van der Waals surface area (Å²) in [7, 11) is 0. The maximum Gasteiger partial charge on any atom is 0.343 e. The Morgan fingerprint density at radius 1 is 1.43 bits per heavy atom. The van der Waals surface area contributed by atoms with Crippen LogP contribution >= 0.6 is 22.7 Å². The van der Waals surface area contributed by atoms with E-state index in [0.717, 1.165) is 15.6 Å². The lowest BCUT2D eigenvalue weighted by atomic mass is 10.3. The van der Waals surface area contributed by atoms with Crippen molar-refractivity contribution >= 4 is 40.5 Å². The number of hydrogen-bond donors (Lipinski definition) is 2. The maximum absolute atomic E-state index is 11.8. The van der Waals surface area contributed by atoms with E-state index in [1.807, 2.05) is 22.2 Å². The van der Waals surface area contributed by atoms with E-state index in [9.17, 15) is 14.4 Å². The molecule has 108 valence electrons. The molecule has 3 rings (SSSR count). The summed E-state index contributed by atoms with van der Waals surface area (Å²) in [6.07, 6.45) is 0.0542. The van der Waals surface area contributed by atoms with Crippen LogP contribution in [0.4, 0.5) is 4.79 Å². The van der Waals surface area contributed by atoms with Crippen molar-refractivity contribution in [2.75, 3.05) is 6.54 Å². The molecule has 4 amide bonds. The third kappa shape index (κ3) is 3.09. The first-order valence-corrected chi connectivity index (χ1v) is 7.82. The zero-order valence-corrected chi connectivity index (χ0v) is 12.3. The Hall–Kier alpha value is -2.26. The van der Waals surface area contributed by atoms with Gasteiger partial charge in [0.2, 0.25) is 11.8 Å². The molecule has 0 spiro atoms. The second-order valence-corrected chi connectivity index (χ2v) is 5.95. The molecule has 0 saturated carbocycles. The molecule has 0 unspecified atom stereocenters. The fourth-order valence-electron chi connectivity index (χ4n) is 1.79. The number of carbonyl (C=O) groups excluding carboxylic acids is 3. The predicted molar refractivity (Wildman–Crippen MR) is 77.5 cm³/mol. The zero-order valence-electron chi connectivity index (χ0n) is 10.7. The monoisotopic (exact) mass is 322 g/mol. The molecular formula is C12H10N4O3S2. The van der Waals surface area contributed by atoms with Crippen LogP contribution in [0, 0.1) is 0 Å². The third-order valence-electron chi connectivity index (χ3n) is 2.71. The fraction of sp³-hybridized carbons (Fsp3) is 0.167. The second kappa shape index (κ2) is 5.62. The Bertz CT molecular complexity index is 695. The van der Waals surface area contributed by atoms with Crippen molar-refractivity contribution in [1.29, 1.82) is 0 Å². The average molecular weight is 322 g/mol. The molecule has 2 aromatic rings. The highest BCUT2D eigenvalue weighted by Crippen LogP contribution is 2.25. The van der Waals surface area contributed by atoms with Crippen LogP contribution in [0.25, 0.3) is 10.6 Å². The van der Waals surface area contributed by atoms with Crippen molar-refractivity contribution in [2.45, 2.75) is 6.42 Å². The van der Waals surface area contributed by atoms with Crippen molar-refractivity contribution < 1.29 is 14.4 Å². The number of thiophene rings is 1. The van der Waals surface area contributed by atoms with E-state index in [1.54, 1.807) is 11.3 Å². The summed E-state index contributed by atoms with van der Waals surface area (Å²) in [5.74, 6) is -0.823. The Morgan fingerprint density at radius 3 is 2.95 bits per heavy atom. The van der Waals surface area contributed by atoms with E-state index in [1.165, 1.54) is 11.3 Å². The van der Waals surface area contributed by atoms with Crippen molar-refractivity contribution in [3.05, 3.63) is 27.9 Å². The molecule has 0 aliphatic carbocycles. The zero-order chi connectivity index (χ0) is 14.8. The molecular weight excluding hydrogens is 312 g/mol. The van der Waals surface area contributed by atoms with Crippen LogP contribution in [-0.2, 0) is 16.0 Å². The molecule has 0 bridgehead atoms. The number of nitrogens with zero attached hydrogens (tertiary/aromatic N) is 2. The molecule has 0 radical (unpaired) electrons. The highest BCUT2D eigenvalue weighted by Gasteiger charge is 2.28. The molecule has 7 nitrogen and oxygen atoms in total. The molecule has 2 N–H and O–H groups in total. The number of aromatic nitrogens is 1. The van der Waals surface area contributed by atoms with E-state index in [2.05, 4.69) is 15.7 Å². The Kier molecular flexibility index (Phi) is 3.67. The van der Waals surface area contributed by atoms with Crippen LogP contribution in [0.3, 0.4) is 0 Å². The van der Waals surface area contributed by atoms with Crippen molar-refractivity contribution in [1.82, 2.24) is 20.7 Å². The lowest BCUT2D eigenvalue weighted by Gasteiger charge is -2.13. The fourth-order valence-corrected chi connectivity index (χ4v) is 3.33. The van der Waals surface area contributed by atoms with Crippen LogP contribution in [0.5, 0.6) is 0 Å².